The van der Waals surface area contributed by atoms with Crippen LogP contribution in [-0.2, 0) is 9.47 Å². The predicted molar refractivity (Wildman–Crippen MR) is 75.1 cm³/mol. The Hall–Kier alpha value is -2.77. The first-order valence-corrected chi connectivity index (χ1v) is 6.51. The van der Waals surface area contributed by atoms with E-state index in [0.717, 1.165) is 0 Å². The summed E-state index contributed by atoms with van der Waals surface area (Å²) in [4.78, 5) is 21.9. The molecule has 0 saturated carbocycles. The van der Waals surface area contributed by atoms with Gasteiger partial charge in [0.2, 0.25) is 6.79 Å². The molecular formula is C14H15NO7. The first-order valence-electron chi connectivity index (χ1n) is 6.51. The molecule has 1 atom stereocenters. The van der Waals surface area contributed by atoms with Crippen molar-refractivity contribution in [3.8, 4) is 11.5 Å². The smallest absolute Gasteiger partial charge is 0.454 e. The minimum absolute atomic E-state index is 0.0225. The van der Waals surface area contributed by atoms with Crippen LogP contribution in [0.25, 0.3) is 0 Å². The highest BCUT2D eigenvalue weighted by Crippen LogP contribution is 2.40. The predicted octanol–water partition coefficient (Wildman–Crippen LogP) is 2.77. The molecule has 1 aromatic rings. The van der Waals surface area contributed by atoms with Crippen LogP contribution in [0, 0.1) is 10.1 Å². The van der Waals surface area contributed by atoms with Crippen LogP contribution in [0.3, 0.4) is 0 Å². The minimum atomic E-state index is -0.852. The molecule has 0 N–H and O–H groups in total. The Morgan fingerprint density at radius 1 is 1.45 bits per heavy atom. The van der Waals surface area contributed by atoms with E-state index >= 15 is 0 Å². The number of hydrogen-bond acceptors (Lipinski definition) is 7. The van der Waals surface area contributed by atoms with Crippen LogP contribution in [0.4, 0.5) is 10.5 Å². The summed E-state index contributed by atoms with van der Waals surface area (Å²) in [6.45, 7) is 5.11. The van der Waals surface area contributed by atoms with Crippen LogP contribution >= 0.6 is 0 Å². The number of rotatable bonds is 6. The summed E-state index contributed by atoms with van der Waals surface area (Å²) < 4.78 is 19.9. The zero-order chi connectivity index (χ0) is 16.1. The van der Waals surface area contributed by atoms with Crippen molar-refractivity contribution in [2.24, 2.45) is 0 Å². The maximum atomic E-state index is 11.3. The standard InChI is InChI=1S/C14H15NO7/c1-3-4-19-14(16)20-7-9(2)10-5-12-13(22-8-21-12)6-11(10)15(17)18/h3,5-6,9H,1,4,7-8H2,2H3. The molecule has 0 fully saturated rings. The van der Waals surface area contributed by atoms with Crippen LogP contribution in [0.1, 0.15) is 18.4 Å². The number of nitrogens with zero attached hydrogens (tertiary/aromatic N) is 1. The Bertz CT molecular complexity index is 599. The molecule has 1 aliphatic rings. The van der Waals surface area contributed by atoms with Gasteiger partial charge in [-0.3, -0.25) is 10.1 Å². The normalized spacial score (nSPS) is 13.3. The lowest BCUT2D eigenvalue weighted by Gasteiger charge is -2.13. The van der Waals surface area contributed by atoms with Crippen LogP contribution in [0.2, 0.25) is 0 Å². The Kier molecular flexibility index (Phi) is 4.82. The number of benzene rings is 1. The maximum absolute atomic E-state index is 11.3. The van der Waals surface area contributed by atoms with E-state index in [0.29, 0.717) is 17.1 Å². The second-order valence-corrected chi connectivity index (χ2v) is 4.58. The van der Waals surface area contributed by atoms with Gasteiger partial charge in [-0.2, -0.15) is 0 Å². The molecule has 0 aromatic heterocycles. The topological polar surface area (TPSA) is 97.1 Å². The third kappa shape index (κ3) is 3.46. The number of fused-ring (bicyclic) bond motifs is 1. The van der Waals surface area contributed by atoms with Gasteiger partial charge in [0.15, 0.2) is 11.5 Å². The van der Waals surface area contributed by atoms with Gasteiger partial charge < -0.3 is 18.9 Å². The number of ether oxygens (including phenoxy) is 4. The second-order valence-electron chi connectivity index (χ2n) is 4.58. The molecule has 1 heterocycles. The molecule has 1 aliphatic heterocycles. The van der Waals surface area contributed by atoms with E-state index in [-0.39, 0.29) is 25.7 Å². The molecule has 0 aliphatic carbocycles. The highest BCUT2D eigenvalue weighted by molar-refractivity contribution is 5.60. The van der Waals surface area contributed by atoms with Crippen LogP contribution in [0.5, 0.6) is 11.5 Å². The molecule has 1 aromatic carbocycles. The largest absolute Gasteiger partial charge is 0.508 e. The lowest BCUT2D eigenvalue weighted by atomic mass is 9.99. The van der Waals surface area contributed by atoms with E-state index in [1.807, 2.05) is 0 Å². The Morgan fingerprint density at radius 2 is 2.14 bits per heavy atom. The van der Waals surface area contributed by atoms with E-state index in [1.54, 1.807) is 6.92 Å². The molecule has 0 amide bonds. The molecule has 0 bridgehead atoms. The number of carbonyl (C=O) groups is 1. The number of nitro groups is 1. The SMILES string of the molecule is C=CCOC(=O)OCC(C)c1cc2c(cc1[N+](=O)[O-])OCO2. The maximum Gasteiger partial charge on any atom is 0.508 e. The Morgan fingerprint density at radius 3 is 2.77 bits per heavy atom. The summed E-state index contributed by atoms with van der Waals surface area (Å²) in [6, 6.07) is 2.84. The third-order valence-electron chi connectivity index (χ3n) is 3.02. The zero-order valence-corrected chi connectivity index (χ0v) is 11.9. The lowest BCUT2D eigenvalue weighted by molar-refractivity contribution is -0.385. The van der Waals surface area contributed by atoms with Crippen LogP contribution in [0.15, 0.2) is 24.8 Å². The fraction of sp³-hybridized carbons (Fsp3) is 0.357. The summed E-state index contributed by atoms with van der Waals surface area (Å²) in [5, 5.41) is 11.2. The first kappa shape index (κ1) is 15.6. The zero-order valence-electron chi connectivity index (χ0n) is 11.9. The Balaban J connectivity index is 2.11. The average Bonchev–Trinajstić information content (AvgIpc) is 2.96. The van der Waals surface area contributed by atoms with Crippen molar-refractivity contribution in [2.75, 3.05) is 20.0 Å². The monoisotopic (exact) mass is 309 g/mol. The molecule has 22 heavy (non-hydrogen) atoms. The van der Waals surface area contributed by atoms with Gasteiger partial charge in [-0.05, 0) is 6.07 Å². The second kappa shape index (κ2) is 6.79. The minimum Gasteiger partial charge on any atom is -0.454 e. The molecule has 2 rings (SSSR count). The van der Waals surface area contributed by atoms with Gasteiger partial charge in [-0.15, -0.1) is 0 Å². The van der Waals surface area contributed by atoms with E-state index in [1.165, 1.54) is 18.2 Å². The van der Waals surface area contributed by atoms with Crippen LogP contribution in [-0.4, -0.2) is 31.1 Å². The van der Waals surface area contributed by atoms with E-state index < -0.39 is 17.0 Å². The molecule has 1 unspecified atom stereocenters. The van der Waals surface area contributed by atoms with Crippen molar-refractivity contribution in [1.29, 1.82) is 0 Å². The summed E-state index contributed by atoms with van der Waals surface area (Å²) in [6.07, 6.45) is 0.558. The molecular weight excluding hydrogens is 294 g/mol. The molecule has 0 radical (unpaired) electrons. The van der Waals surface area contributed by atoms with Crippen molar-refractivity contribution in [2.45, 2.75) is 12.8 Å². The van der Waals surface area contributed by atoms with Crippen molar-refractivity contribution < 1.29 is 28.7 Å². The van der Waals surface area contributed by atoms with Gasteiger partial charge >= 0.3 is 6.16 Å². The molecule has 0 spiro atoms. The first-order chi connectivity index (χ1) is 10.5. The van der Waals surface area contributed by atoms with Crippen molar-refractivity contribution >= 4 is 11.8 Å². The van der Waals surface area contributed by atoms with E-state index in [4.69, 9.17) is 14.2 Å². The Labute approximate surface area is 126 Å². The molecule has 8 nitrogen and oxygen atoms in total. The van der Waals surface area contributed by atoms with Gasteiger partial charge in [0.25, 0.3) is 5.69 Å². The van der Waals surface area contributed by atoms with Crippen molar-refractivity contribution in [1.82, 2.24) is 0 Å². The number of hydrogen-bond donors (Lipinski definition) is 0. The molecule has 0 saturated heterocycles. The summed E-state index contributed by atoms with van der Waals surface area (Å²) in [5.41, 5.74) is 0.283. The van der Waals surface area contributed by atoms with Crippen molar-refractivity contribution in [3.63, 3.8) is 0 Å². The molecule has 8 heteroatoms. The summed E-state index contributed by atoms with van der Waals surface area (Å²) in [5.74, 6) is 0.349. The van der Waals surface area contributed by atoms with Gasteiger partial charge in [0.1, 0.15) is 13.2 Å². The number of nitro benzene ring substituents is 1. The van der Waals surface area contributed by atoms with E-state index in [2.05, 4.69) is 11.3 Å². The quantitative estimate of drug-likeness (QED) is 0.345. The van der Waals surface area contributed by atoms with Gasteiger partial charge in [0.05, 0.1) is 11.0 Å². The summed E-state index contributed by atoms with van der Waals surface area (Å²) in [7, 11) is 0. The van der Waals surface area contributed by atoms with E-state index in [9.17, 15) is 14.9 Å². The highest BCUT2D eigenvalue weighted by Gasteiger charge is 2.26. The lowest BCUT2D eigenvalue weighted by Crippen LogP contribution is -2.13. The third-order valence-corrected chi connectivity index (χ3v) is 3.02. The van der Waals surface area contributed by atoms with Crippen LogP contribution < -0.4 is 9.47 Å². The highest BCUT2D eigenvalue weighted by atomic mass is 16.7. The number of carbonyl (C=O) groups excluding carboxylic acids is 1. The van der Waals surface area contributed by atoms with Crippen molar-refractivity contribution in [3.05, 3.63) is 40.5 Å². The molecule has 118 valence electrons. The van der Waals surface area contributed by atoms with Gasteiger partial charge in [0, 0.05) is 11.5 Å². The summed E-state index contributed by atoms with van der Waals surface area (Å²) >= 11 is 0. The van der Waals surface area contributed by atoms with Gasteiger partial charge in [-0.25, -0.2) is 4.79 Å². The fourth-order valence-electron chi connectivity index (χ4n) is 1.95. The van der Waals surface area contributed by atoms with Gasteiger partial charge in [-0.1, -0.05) is 19.6 Å². The fourth-order valence-corrected chi connectivity index (χ4v) is 1.95. The average molecular weight is 309 g/mol.